The first-order valence-electron chi connectivity index (χ1n) is 7.06. The van der Waals surface area contributed by atoms with Crippen molar-refractivity contribution in [3.63, 3.8) is 0 Å². The van der Waals surface area contributed by atoms with Crippen LogP contribution in [0.4, 0.5) is 0 Å². The predicted octanol–water partition coefficient (Wildman–Crippen LogP) is 2.26. The molecule has 1 aliphatic rings. The number of carbonyl (C=O) groups excluding carboxylic acids is 1. The molecule has 0 aliphatic carbocycles. The average Bonchev–Trinajstić information content (AvgIpc) is 3.08. The van der Waals surface area contributed by atoms with E-state index in [1.807, 2.05) is 29.3 Å². The minimum atomic E-state index is 0.165. The lowest BCUT2D eigenvalue weighted by atomic mass is 10.3. The fourth-order valence-corrected chi connectivity index (χ4v) is 3.92. The maximum Gasteiger partial charge on any atom is 0.263 e. The zero-order valence-electron chi connectivity index (χ0n) is 12.0. The Bertz CT molecular complexity index is 596. The van der Waals surface area contributed by atoms with Crippen LogP contribution >= 0.6 is 22.7 Å². The average molecular weight is 322 g/mol. The molecule has 3 rings (SSSR count). The molecule has 0 atom stereocenters. The molecule has 2 aromatic heterocycles. The molecule has 0 N–H and O–H groups in total. The minimum Gasteiger partial charge on any atom is -0.337 e. The molecule has 1 saturated heterocycles. The molecule has 1 fully saturated rings. The van der Waals surface area contributed by atoms with E-state index in [0.29, 0.717) is 0 Å². The SMILES string of the molecule is Cc1nnc(CN2CCCN(C(=O)c3cccs3)CC2)s1. The molecule has 1 aliphatic heterocycles. The second-order valence-corrected chi connectivity index (χ2v) is 7.33. The Morgan fingerprint density at radius 3 is 2.90 bits per heavy atom. The maximum absolute atomic E-state index is 12.4. The molecule has 5 nitrogen and oxygen atoms in total. The van der Waals surface area contributed by atoms with Crippen molar-refractivity contribution in [1.82, 2.24) is 20.0 Å². The van der Waals surface area contributed by atoms with E-state index >= 15 is 0 Å². The van der Waals surface area contributed by atoms with Crippen LogP contribution in [0, 0.1) is 6.92 Å². The van der Waals surface area contributed by atoms with Crippen LogP contribution in [0.1, 0.15) is 26.1 Å². The monoisotopic (exact) mass is 322 g/mol. The Balaban J connectivity index is 1.58. The Morgan fingerprint density at radius 1 is 1.29 bits per heavy atom. The molecule has 0 spiro atoms. The van der Waals surface area contributed by atoms with Crippen molar-refractivity contribution in [3.8, 4) is 0 Å². The smallest absolute Gasteiger partial charge is 0.263 e. The highest BCUT2D eigenvalue weighted by atomic mass is 32.1. The molecular weight excluding hydrogens is 304 g/mol. The fourth-order valence-electron chi connectivity index (χ4n) is 2.48. The summed E-state index contributed by atoms with van der Waals surface area (Å²) in [7, 11) is 0. The molecule has 7 heteroatoms. The number of hydrogen-bond donors (Lipinski definition) is 0. The predicted molar refractivity (Wildman–Crippen MR) is 84.8 cm³/mol. The van der Waals surface area contributed by atoms with Crippen molar-refractivity contribution in [2.75, 3.05) is 26.2 Å². The van der Waals surface area contributed by atoms with Crippen LogP contribution in [0.2, 0.25) is 0 Å². The quantitative estimate of drug-likeness (QED) is 0.870. The van der Waals surface area contributed by atoms with Crippen LogP contribution in [-0.4, -0.2) is 52.1 Å². The molecule has 0 unspecified atom stereocenters. The summed E-state index contributed by atoms with van der Waals surface area (Å²) in [6.45, 7) is 6.34. The maximum atomic E-state index is 12.4. The van der Waals surface area contributed by atoms with Gasteiger partial charge in [0.25, 0.3) is 5.91 Å². The van der Waals surface area contributed by atoms with E-state index < -0.39 is 0 Å². The van der Waals surface area contributed by atoms with Crippen molar-refractivity contribution in [1.29, 1.82) is 0 Å². The Hall–Kier alpha value is -1.31. The first-order chi connectivity index (χ1) is 10.2. The molecule has 0 radical (unpaired) electrons. The second-order valence-electron chi connectivity index (χ2n) is 5.11. The first kappa shape index (κ1) is 14.6. The highest BCUT2D eigenvalue weighted by Gasteiger charge is 2.21. The van der Waals surface area contributed by atoms with Crippen molar-refractivity contribution >= 4 is 28.6 Å². The van der Waals surface area contributed by atoms with Crippen molar-refractivity contribution in [3.05, 3.63) is 32.4 Å². The van der Waals surface area contributed by atoms with Gasteiger partial charge in [0.15, 0.2) is 0 Å². The Kier molecular flexibility index (Phi) is 4.62. The van der Waals surface area contributed by atoms with Crippen LogP contribution in [-0.2, 0) is 6.54 Å². The second kappa shape index (κ2) is 6.64. The third-order valence-corrected chi connectivity index (χ3v) is 5.22. The lowest BCUT2D eigenvalue weighted by Crippen LogP contribution is -2.34. The fraction of sp³-hybridized carbons (Fsp3) is 0.500. The summed E-state index contributed by atoms with van der Waals surface area (Å²) in [6, 6.07) is 3.83. The van der Waals surface area contributed by atoms with Gasteiger partial charge >= 0.3 is 0 Å². The standard InChI is InChI=1S/C14H18N4OS2/c1-11-15-16-13(21-11)10-17-5-3-6-18(8-7-17)14(19)12-4-2-9-20-12/h2,4,9H,3,5-8,10H2,1H3. The van der Waals surface area contributed by atoms with Crippen molar-refractivity contribution < 1.29 is 4.79 Å². The van der Waals surface area contributed by atoms with Gasteiger partial charge in [-0.3, -0.25) is 9.69 Å². The molecule has 0 aromatic carbocycles. The van der Waals surface area contributed by atoms with Gasteiger partial charge in [-0.2, -0.15) is 0 Å². The number of nitrogens with zero attached hydrogens (tertiary/aromatic N) is 4. The van der Waals surface area contributed by atoms with Gasteiger partial charge in [-0.25, -0.2) is 0 Å². The summed E-state index contributed by atoms with van der Waals surface area (Å²) in [5.41, 5.74) is 0. The summed E-state index contributed by atoms with van der Waals surface area (Å²) < 4.78 is 0. The van der Waals surface area contributed by atoms with Crippen LogP contribution < -0.4 is 0 Å². The van der Waals surface area contributed by atoms with Gasteiger partial charge in [-0.15, -0.1) is 32.9 Å². The number of amides is 1. The summed E-state index contributed by atoms with van der Waals surface area (Å²) in [6.07, 6.45) is 1.01. The topological polar surface area (TPSA) is 49.3 Å². The number of rotatable bonds is 3. The van der Waals surface area contributed by atoms with E-state index in [0.717, 1.165) is 54.0 Å². The van der Waals surface area contributed by atoms with Gasteiger partial charge in [0.2, 0.25) is 0 Å². The summed E-state index contributed by atoms with van der Waals surface area (Å²) in [5.74, 6) is 0.165. The van der Waals surface area contributed by atoms with Gasteiger partial charge in [0.1, 0.15) is 10.0 Å². The highest BCUT2D eigenvalue weighted by Crippen LogP contribution is 2.16. The third kappa shape index (κ3) is 3.66. The molecule has 0 bridgehead atoms. The molecule has 2 aromatic rings. The normalized spacial score (nSPS) is 16.9. The van der Waals surface area contributed by atoms with E-state index in [2.05, 4.69) is 15.1 Å². The van der Waals surface area contributed by atoms with Gasteiger partial charge < -0.3 is 4.90 Å². The third-order valence-electron chi connectivity index (χ3n) is 3.53. The Morgan fingerprint density at radius 2 is 2.19 bits per heavy atom. The number of carbonyl (C=O) groups is 1. The van der Waals surface area contributed by atoms with Gasteiger partial charge in [-0.1, -0.05) is 6.07 Å². The van der Waals surface area contributed by atoms with Gasteiger partial charge in [0.05, 0.1) is 11.4 Å². The molecule has 3 heterocycles. The molecule has 1 amide bonds. The van der Waals surface area contributed by atoms with Crippen molar-refractivity contribution in [2.45, 2.75) is 19.9 Å². The summed E-state index contributed by atoms with van der Waals surface area (Å²) >= 11 is 3.17. The van der Waals surface area contributed by atoms with Crippen LogP contribution in [0.25, 0.3) is 0 Å². The van der Waals surface area contributed by atoms with E-state index in [4.69, 9.17) is 0 Å². The van der Waals surface area contributed by atoms with E-state index in [9.17, 15) is 4.79 Å². The van der Waals surface area contributed by atoms with Crippen molar-refractivity contribution in [2.24, 2.45) is 0 Å². The number of aryl methyl sites for hydroxylation is 1. The van der Waals surface area contributed by atoms with E-state index in [1.54, 1.807) is 11.3 Å². The van der Waals surface area contributed by atoms with E-state index in [1.165, 1.54) is 11.3 Å². The van der Waals surface area contributed by atoms with Crippen LogP contribution in [0.5, 0.6) is 0 Å². The molecule has 21 heavy (non-hydrogen) atoms. The van der Waals surface area contributed by atoms with Gasteiger partial charge in [-0.05, 0) is 24.8 Å². The molecular formula is C14H18N4OS2. The van der Waals surface area contributed by atoms with E-state index in [-0.39, 0.29) is 5.91 Å². The lowest BCUT2D eigenvalue weighted by Gasteiger charge is -2.20. The van der Waals surface area contributed by atoms with Crippen LogP contribution in [0.15, 0.2) is 17.5 Å². The zero-order valence-corrected chi connectivity index (χ0v) is 13.6. The number of aromatic nitrogens is 2. The molecule has 0 saturated carbocycles. The Labute approximate surface area is 132 Å². The first-order valence-corrected chi connectivity index (χ1v) is 8.76. The lowest BCUT2D eigenvalue weighted by molar-refractivity contribution is 0.0766. The van der Waals surface area contributed by atoms with Crippen LogP contribution in [0.3, 0.4) is 0 Å². The minimum absolute atomic E-state index is 0.165. The summed E-state index contributed by atoms with van der Waals surface area (Å²) in [4.78, 5) is 17.5. The highest BCUT2D eigenvalue weighted by molar-refractivity contribution is 7.12. The number of thiophene rings is 1. The zero-order chi connectivity index (χ0) is 14.7. The summed E-state index contributed by atoms with van der Waals surface area (Å²) in [5, 5.41) is 12.3. The molecule has 112 valence electrons. The number of hydrogen-bond acceptors (Lipinski definition) is 6. The largest absolute Gasteiger partial charge is 0.337 e. The van der Waals surface area contributed by atoms with Gasteiger partial charge in [0, 0.05) is 26.2 Å².